The molecular formula is C22H31BrN2O5. The van der Waals surface area contributed by atoms with Gasteiger partial charge in [-0.25, -0.2) is 0 Å². The zero-order valence-corrected chi connectivity index (χ0v) is 19.4. The van der Waals surface area contributed by atoms with E-state index in [1.807, 2.05) is 35.8 Å². The van der Waals surface area contributed by atoms with Gasteiger partial charge in [-0.15, -0.1) is 0 Å². The summed E-state index contributed by atoms with van der Waals surface area (Å²) in [5.41, 5.74) is 0.874. The Morgan fingerprint density at radius 3 is 2.20 bits per heavy atom. The second-order valence-electron chi connectivity index (χ2n) is 7.53. The first-order valence-electron chi connectivity index (χ1n) is 10.8. The first-order chi connectivity index (χ1) is 14.5. The largest absolute Gasteiger partial charge is 0.490 e. The number of hydrogen-bond donors (Lipinski definition) is 0. The van der Waals surface area contributed by atoms with Crippen molar-refractivity contribution >= 4 is 27.7 Å². The maximum atomic E-state index is 12.9. The summed E-state index contributed by atoms with van der Waals surface area (Å²) in [5, 5.41) is 0. The van der Waals surface area contributed by atoms with Crippen LogP contribution < -0.4 is 9.47 Å². The van der Waals surface area contributed by atoms with Crippen LogP contribution in [0.15, 0.2) is 16.6 Å². The Balaban J connectivity index is 1.58. The van der Waals surface area contributed by atoms with Gasteiger partial charge in [-0.3, -0.25) is 9.59 Å². The summed E-state index contributed by atoms with van der Waals surface area (Å²) in [6.45, 7) is 8.73. The lowest BCUT2D eigenvalue weighted by Crippen LogP contribution is -2.47. The fraction of sp³-hybridized carbons (Fsp3) is 0.636. The topological polar surface area (TPSA) is 68.3 Å². The van der Waals surface area contributed by atoms with Crippen molar-refractivity contribution in [2.45, 2.75) is 33.1 Å². The molecule has 7 nitrogen and oxygen atoms in total. The Morgan fingerprint density at radius 1 is 1.00 bits per heavy atom. The van der Waals surface area contributed by atoms with Crippen LogP contribution in [0.3, 0.4) is 0 Å². The number of carbonyl (C=O) groups is 2. The van der Waals surface area contributed by atoms with Crippen LogP contribution in [0.1, 0.15) is 32.3 Å². The molecule has 2 heterocycles. The number of benzene rings is 1. The summed E-state index contributed by atoms with van der Waals surface area (Å²) in [5.74, 6) is 1.61. The molecule has 2 aliphatic heterocycles. The average molecular weight is 483 g/mol. The van der Waals surface area contributed by atoms with Gasteiger partial charge < -0.3 is 24.0 Å². The van der Waals surface area contributed by atoms with E-state index in [0.29, 0.717) is 64.1 Å². The zero-order chi connectivity index (χ0) is 21.5. The standard InChI is InChI=1S/C22H31BrN2O5/c1-3-29-19-13-17(18(23)15-20(19)30-4-2)14-21(26)24-7-5-16(6-8-24)22(27)25-9-11-28-12-10-25/h13,15-16H,3-12,14H2,1-2H3. The number of carbonyl (C=O) groups excluding carboxylic acids is 2. The lowest BCUT2D eigenvalue weighted by Gasteiger charge is -2.35. The number of piperidine rings is 1. The molecular weight excluding hydrogens is 452 g/mol. The minimum absolute atomic E-state index is 0.00826. The predicted molar refractivity (Wildman–Crippen MR) is 117 cm³/mol. The van der Waals surface area contributed by atoms with E-state index >= 15 is 0 Å². The number of hydrogen-bond acceptors (Lipinski definition) is 5. The third-order valence-electron chi connectivity index (χ3n) is 5.57. The second kappa shape index (κ2) is 11.0. The number of amides is 2. The molecule has 1 aromatic rings. The molecule has 0 saturated carbocycles. The van der Waals surface area contributed by atoms with Crippen molar-refractivity contribution in [3.05, 3.63) is 22.2 Å². The SMILES string of the molecule is CCOc1cc(Br)c(CC(=O)N2CCC(C(=O)N3CCOCC3)CC2)cc1OCC. The zero-order valence-electron chi connectivity index (χ0n) is 17.8. The van der Waals surface area contributed by atoms with Gasteiger partial charge in [-0.1, -0.05) is 15.9 Å². The molecule has 166 valence electrons. The van der Waals surface area contributed by atoms with Crippen molar-refractivity contribution in [2.75, 3.05) is 52.6 Å². The molecule has 1 aromatic carbocycles. The Morgan fingerprint density at radius 2 is 1.60 bits per heavy atom. The number of halogens is 1. The molecule has 2 amide bonds. The van der Waals surface area contributed by atoms with Crippen molar-refractivity contribution in [1.82, 2.24) is 9.80 Å². The Labute approximate surface area is 186 Å². The van der Waals surface area contributed by atoms with Gasteiger partial charge in [0.2, 0.25) is 11.8 Å². The molecule has 8 heteroatoms. The van der Waals surface area contributed by atoms with E-state index < -0.39 is 0 Å². The Bertz CT molecular complexity index is 743. The fourth-order valence-electron chi connectivity index (χ4n) is 3.94. The summed E-state index contributed by atoms with van der Waals surface area (Å²) in [7, 11) is 0. The highest BCUT2D eigenvalue weighted by molar-refractivity contribution is 9.10. The third kappa shape index (κ3) is 5.66. The van der Waals surface area contributed by atoms with Crippen LogP contribution in [0, 0.1) is 5.92 Å². The first-order valence-corrected chi connectivity index (χ1v) is 11.5. The fourth-order valence-corrected chi connectivity index (χ4v) is 4.40. The normalized spacial score (nSPS) is 17.7. The summed E-state index contributed by atoms with van der Waals surface area (Å²) < 4.78 is 17.5. The number of nitrogens with zero attached hydrogens (tertiary/aromatic N) is 2. The molecule has 2 aliphatic rings. The van der Waals surface area contributed by atoms with Gasteiger partial charge in [0.25, 0.3) is 0 Å². The van der Waals surface area contributed by atoms with E-state index in [1.165, 1.54) is 0 Å². The van der Waals surface area contributed by atoms with E-state index in [9.17, 15) is 9.59 Å². The number of ether oxygens (including phenoxy) is 3. The summed E-state index contributed by atoms with van der Waals surface area (Å²) in [6.07, 6.45) is 1.72. The van der Waals surface area contributed by atoms with Gasteiger partial charge in [0.15, 0.2) is 11.5 Å². The van der Waals surface area contributed by atoms with Gasteiger partial charge in [0, 0.05) is 36.6 Å². The van der Waals surface area contributed by atoms with Crippen LogP contribution in [0.25, 0.3) is 0 Å². The maximum Gasteiger partial charge on any atom is 0.227 e. The van der Waals surface area contributed by atoms with Crippen molar-refractivity contribution in [1.29, 1.82) is 0 Å². The monoisotopic (exact) mass is 482 g/mol. The molecule has 0 atom stereocenters. The highest BCUT2D eigenvalue weighted by atomic mass is 79.9. The lowest BCUT2D eigenvalue weighted by atomic mass is 9.94. The van der Waals surface area contributed by atoms with Crippen molar-refractivity contribution in [3.8, 4) is 11.5 Å². The molecule has 0 aliphatic carbocycles. The molecule has 0 spiro atoms. The van der Waals surface area contributed by atoms with Crippen LogP contribution in [0.4, 0.5) is 0 Å². The molecule has 0 radical (unpaired) electrons. The second-order valence-corrected chi connectivity index (χ2v) is 8.38. The molecule has 0 aromatic heterocycles. The minimum Gasteiger partial charge on any atom is -0.490 e. The number of rotatable bonds is 7. The van der Waals surface area contributed by atoms with Crippen molar-refractivity contribution < 1.29 is 23.8 Å². The first kappa shape index (κ1) is 22.9. The van der Waals surface area contributed by atoms with Crippen LogP contribution in [0.5, 0.6) is 11.5 Å². The molecule has 3 rings (SSSR count). The van der Waals surface area contributed by atoms with Gasteiger partial charge in [0.05, 0.1) is 32.8 Å². The highest BCUT2D eigenvalue weighted by Crippen LogP contribution is 2.34. The molecule has 0 bridgehead atoms. The summed E-state index contributed by atoms with van der Waals surface area (Å²) >= 11 is 3.56. The number of morpholine rings is 1. The average Bonchev–Trinajstić information content (AvgIpc) is 2.77. The highest BCUT2D eigenvalue weighted by Gasteiger charge is 2.31. The van der Waals surface area contributed by atoms with E-state index in [-0.39, 0.29) is 24.2 Å². The van der Waals surface area contributed by atoms with E-state index in [1.54, 1.807) is 0 Å². The minimum atomic E-state index is 0.00826. The smallest absolute Gasteiger partial charge is 0.227 e. The predicted octanol–water partition coefficient (Wildman–Crippen LogP) is 2.89. The Hall–Kier alpha value is -1.80. The quantitative estimate of drug-likeness (QED) is 0.597. The molecule has 0 N–H and O–H groups in total. The van der Waals surface area contributed by atoms with Crippen LogP contribution >= 0.6 is 15.9 Å². The molecule has 0 unspecified atom stereocenters. The van der Waals surface area contributed by atoms with Crippen LogP contribution in [0.2, 0.25) is 0 Å². The van der Waals surface area contributed by atoms with Gasteiger partial charge in [-0.2, -0.15) is 0 Å². The Kier molecular flexibility index (Phi) is 8.39. The third-order valence-corrected chi connectivity index (χ3v) is 6.31. The molecule has 2 saturated heterocycles. The van der Waals surface area contributed by atoms with Crippen LogP contribution in [-0.4, -0.2) is 74.2 Å². The van der Waals surface area contributed by atoms with E-state index in [4.69, 9.17) is 14.2 Å². The van der Waals surface area contributed by atoms with Gasteiger partial charge >= 0.3 is 0 Å². The van der Waals surface area contributed by atoms with E-state index in [2.05, 4.69) is 15.9 Å². The summed E-state index contributed by atoms with van der Waals surface area (Å²) in [4.78, 5) is 29.4. The van der Waals surface area contributed by atoms with Crippen molar-refractivity contribution in [3.63, 3.8) is 0 Å². The van der Waals surface area contributed by atoms with Gasteiger partial charge in [0.1, 0.15) is 0 Å². The molecule has 30 heavy (non-hydrogen) atoms. The van der Waals surface area contributed by atoms with Crippen LogP contribution in [-0.2, 0) is 20.7 Å². The lowest BCUT2D eigenvalue weighted by molar-refractivity contribution is -0.143. The van der Waals surface area contributed by atoms with Gasteiger partial charge in [-0.05, 0) is 44.4 Å². The maximum absolute atomic E-state index is 12.9. The number of likely N-dealkylation sites (tertiary alicyclic amines) is 1. The molecule has 2 fully saturated rings. The van der Waals surface area contributed by atoms with E-state index in [0.717, 1.165) is 22.9 Å². The van der Waals surface area contributed by atoms with Crippen molar-refractivity contribution in [2.24, 2.45) is 5.92 Å². The summed E-state index contributed by atoms with van der Waals surface area (Å²) in [6, 6.07) is 3.75.